The van der Waals surface area contributed by atoms with E-state index in [9.17, 15) is 9.59 Å². The van der Waals surface area contributed by atoms with Crippen molar-refractivity contribution in [2.45, 2.75) is 32.9 Å². The number of carbonyl (C=O) groups is 2. The fourth-order valence-corrected chi connectivity index (χ4v) is 5.09. The van der Waals surface area contributed by atoms with Crippen LogP contribution in [0.5, 0.6) is 0 Å². The van der Waals surface area contributed by atoms with Gasteiger partial charge in [0.25, 0.3) is 0 Å². The van der Waals surface area contributed by atoms with Crippen molar-refractivity contribution >= 4 is 11.9 Å². The second-order valence-corrected chi connectivity index (χ2v) is 8.33. The zero-order valence-corrected chi connectivity index (χ0v) is 17.6. The van der Waals surface area contributed by atoms with Crippen LogP contribution >= 0.6 is 0 Å². The standard InChI is InChI=1S/C26H29NO3/c1-3-30-26(29)23-18(2)14-15-21-24(23)22(16-19-10-6-4-7-11-19)27(25(21)28)17-20-12-8-5-9-13-20/h4-15,18,21-24H,3,16-17H2,1-2H3/t18-,21+,22+,23-,24+/m1/s1. The maximum atomic E-state index is 13.5. The lowest BCUT2D eigenvalue weighted by atomic mass is 9.69. The van der Waals surface area contributed by atoms with E-state index in [0.29, 0.717) is 13.2 Å². The van der Waals surface area contributed by atoms with Gasteiger partial charge in [0.15, 0.2) is 0 Å². The van der Waals surface area contributed by atoms with Gasteiger partial charge in [0.05, 0.1) is 18.4 Å². The van der Waals surface area contributed by atoms with Crippen LogP contribution in [0, 0.1) is 23.7 Å². The van der Waals surface area contributed by atoms with Crippen LogP contribution in [0.25, 0.3) is 0 Å². The van der Waals surface area contributed by atoms with Crippen LogP contribution in [-0.4, -0.2) is 29.4 Å². The summed E-state index contributed by atoms with van der Waals surface area (Å²) in [6, 6.07) is 20.3. The first kappa shape index (κ1) is 20.4. The van der Waals surface area contributed by atoms with Gasteiger partial charge in [0.2, 0.25) is 5.91 Å². The molecule has 0 unspecified atom stereocenters. The molecule has 1 heterocycles. The smallest absolute Gasteiger partial charge is 0.309 e. The Morgan fingerprint density at radius 2 is 1.60 bits per heavy atom. The number of amides is 1. The number of ether oxygens (including phenoxy) is 1. The molecule has 2 aliphatic rings. The fourth-order valence-electron chi connectivity index (χ4n) is 5.09. The number of nitrogens with zero attached hydrogens (tertiary/aromatic N) is 1. The molecule has 4 rings (SSSR count). The number of rotatable bonds is 6. The number of fused-ring (bicyclic) bond motifs is 1. The van der Waals surface area contributed by atoms with Crippen LogP contribution in [0.4, 0.5) is 0 Å². The van der Waals surface area contributed by atoms with Crippen molar-refractivity contribution in [3.05, 3.63) is 83.9 Å². The number of likely N-dealkylation sites (tertiary alicyclic amines) is 1. The van der Waals surface area contributed by atoms with Crippen LogP contribution in [0.2, 0.25) is 0 Å². The number of benzene rings is 2. The summed E-state index contributed by atoms with van der Waals surface area (Å²) in [4.78, 5) is 28.4. The zero-order valence-electron chi connectivity index (χ0n) is 17.6. The Hall–Kier alpha value is -2.88. The van der Waals surface area contributed by atoms with E-state index in [4.69, 9.17) is 4.74 Å². The third kappa shape index (κ3) is 3.91. The fraction of sp³-hybridized carbons (Fsp3) is 0.385. The van der Waals surface area contributed by atoms with E-state index in [1.54, 1.807) is 0 Å². The summed E-state index contributed by atoms with van der Waals surface area (Å²) in [6.07, 6.45) is 4.78. The lowest BCUT2D eigenvalue weighted by Gasteiger charge is -2.36. The van der Waals surface area contributed by atoms with Gasteiger partial charge in [-0.05, 0) is 30.4 Å². The zero-order chi connectivity index (χ0) is 21.1. The first-order chi connectivity index (χ1) is 14.6. The molecule has 2 aromatic carbocycles. The largest absolute Gasteiger partial charge is 0.466 e. The number of esters is 1. The minimum atomic E-state index is -0.307. The highest BCUT2D eigenvalue weighted by atomic mass is 16.5. The summed E-state index contributed by atoms with van der Waals surface area (Å²) in [5.41, 5.74) is 2.28. The molecule has 4 heteroatoms. The Kier molecular flexibility index (Phi) is 6.03. The Balaban J connectivity index is 1.72. The van der Waals surface area contributed by atoms with Crippen LogP contribution < -0.4 is 0 Å². The van der Waals surface area contributed by atoms with Gasteiger partial charge in [0, 0.05) is 18.5 Å². The third-order valence-electron chi connectivity index (χ3n) is 6.47. The van der Waals surface area contributed by atoms with Gasteiger partial charge in [0.1, 0.15) is 0 Å². The second kappa shape index (κ2) is 8.86. The average Bonchev–Trinajstić information content (AvgIpc) is 3.01. The van der Waals surface area contributed by atoms with E-state index in [0.717, 1.165) is 12.0 Å². The molecular weight excluding hydrogens is 374 g/mol. The molecule has 0 aromatic heterocycles. The summed E-state index contributed by atoms with van der Waals surface area (Å²) < 4.78 is 5.44. The summed E-state index contributed by atoms with van der Waals surface area (Å²) in [6.45, 7) is 4.80. The van der Waals surface area contributed by atoms with Crippen molar-refractivity contribution in [3.8, 4) is 0 Å². The molecule has 156 valence electrons. The molecule has 1 aliphatic heterocycles. The van der Waals surface area contributed by atoms with Gasteiger partial charge in [-0.1, -0.05) is 79.7 Å². The molecule has 1 saturated heterocycles. The summed E-state index contributed by atoms with van der Waals surface area (Å²) in [5.74, 6) is -0.682. The SMILES string of the molecule is CCOC(=O)[C@H]1[C@H]2[C@H](C=C[C@H]1C)C(=O)N(Cc1ccccc1)[C@H]2Cc1ccccc1. The van der Waals surface area contributed by atoms with Gasteiger partial charge in [-0.15, -0.1) is 0 Å². The lowest BCUT2D eigenvalue weighted by Crippen LogP contribution is -2.43. The molecule has 1 aliphatic carbocycles. The summed E-state index contributed by atoms with van der Waals surface area (Å²) in [5, 5.41) is 0. The Labute approximate surface area is 178 Å². The van der Waals surface area contributed by atoms with Crippen molar-refractivity contribution in [2.24, 2.45) is 23.7 Å². The van der Waals surface area contributed by atoms with Gasteiger partial charge in [-0.2, -0.15) is 0 Å². The maximum Gasteiger partial charge on any atom is 0.309 e. The van der Waals surface area contributed by atoms with Crippen LogP contribution in [0.3, 0.4) is 0 Å². The summed E-state index contributed by atoms with van der Waals surface area (Å²) in [7, 11) is 0. The van der Waals surface area contributed by atoms with Crippen molar-refractivity contribution in [1.29, 1.82) is 0 Å². The Bertz CT molecular complexity index is 908. The summed E-state index contributed by atoms with van der Waals surface area (Å²) >= 11 is 0. The molecule has 0 N–H and O–H groups in total. The molecule has 0 bridgehead atoms. The molecule has 1 amide bonds. The average molecular weight is 404 g/mol. The molecule has 5 atom stereocenters. The minimum absolute atomic E-state index is 0.0491. The highest BCUT2D eigenvalue weighted by Crippen LogP contribution is 2.46. The number of hydrogen-bond donors (Lipinski definition) is 0. The molecule has 0 radical (unpaired) electrons. The molecule has 30 heavy (non-hydrogen) atoms. The molecule has 0 saturated carbocycles. The van der Waals surface area contributed by atoms with E-state index < -0.39 is 0 Å². The molecular formula is C26H29NO3. The quantitative estimate of drug-likeness (QED) is 0.535. The van der Waals surface area contributed by atoms with E-state index in [1.807, 2.05) is 60.4 Å². The minimum Gasteiger partial charge on any atom is -0.466 e. The third-order valence-corrected chi connectivity index (χ3v) is 6.47. The first-order valence-electron chi connectivity index (χ1n) is 10.8. The van der Waals surface area contributed by atoms with E-state index in [2.05, 4.69) is 31.2 Å². The molecule has 1 fully saturated rings. The Morgan fingerprint density at radius 1 is 0.967 bits per heavy atom. The monoisotopic (exact) mass is 403 g/mol. The van der Waals surface area contributed by atoms with Crippen molar-refractivity contribution < 1.29 is 14.3 Å². The van der Waals surface area contributed by atoms with E-state index in [1.165, 1.54) is 5.56 Å². The van der Waals surface area contributed by atoms with E-state index >= 15 is 0 Å². The lowest BCUT2D eigenvalue weighted by molar-refractivity contribution is -0.152. The Morgan fingerprint density at radius 3 is 2.23 bits per heavy atom. The number of allylic oxidation sites excluding steroid dienone is 1. The number of carbonyl (C=O) groups excluding carboxylic acids is 2. The highest BCUT2D eigenvalue weighted by Gasteiger charge is 2.54. The molecule has 0 spiro atoms. The molecule has 2 aromatic rings. The normalized spacial score (nSPS) is 27.7. The predicted molar refractivity (Wildman–Crippen MR) is 116 cm³/mol. The van der Waals surface area contributed by atoms with Crippen LogP contribution in [0.15, 0.2) is 72.8 Å². The van der Waals surface area contributed by atoms with E-state index in [-0.39, 0.29) is 41.6 Å². The van der Waals surface area contributed by atoms with Gasteiger partial charge in [-0.25, -0.2) is 0 Å². The van der Waals surface area contributed by atoms with Gasteiger partial charge < -0.3 is 9.64 Å². The van der Waals surface area contributed by atoms with Crippen LogP contribution in [-0.2, 0) is 27.3 Å². The topological polar surface area (TPSA) is 46.6 Å². The second-order valence-electron chi connectivity index (χ2n) is 8.33. The van der Waals surface area contributed by atoms with Crippen LogP contribution in [0.1, 0.15) is 25.0 Å². The predicted octanol–water partition coefficient (Wildman–Crippen LogP) is 4.26. The van der Waals surface area contributed by atoms with Crippen molar-refractivity contribution in [2.75, 3.05) is 6.61 Å². The van der Waals surface area contributed by atoms with Gasteiger partial charge >= 0.3 is 5.97 Å². The number of hydrogen-bond acceptors (Lipinski definition) is 3. The van der Waals surface area contributed by atoms with Gasteiger partial charge in [-0.3, -0.25) is 9.59 Å². The van der Waals surface area contributed by atoms with Crippen molar-refractivity contribution in [3.63, 3.8) is 0 Å². The highest BCUT2D eigenvalue weighted by molar-refractivity contribution is 5.86. The van der Waals surface area contributed by atoms with Crippen molar-refractivity contribution in [1.82, 2.24) is 4.90 Å². The maximum absolute atomic E-state index is 13.5. The molecule has 4 nitrogen and oxygen atoms in total. The first-order valence-corrected chi connectivity index (χ1v) is 10.8.